The van der Waals surface area contributed by atoms with Crippen molar-refractivity contribution in [2.75, 3.05) is 6.61 Å². The Balaban J connectivity index is 1.98. The molecule has 170 valence electrons. The number of aryl methyl sites for hydroxylation is 1. The molecule has 1 heterocycles. The van der Waals surface area contributed by atoms with Crippen molar-refractivity contribution < 1.29 is 23.1 Å². The van der Waals surface area contributed by atoms with Crippen LogP contribution >= 0.6 is 0 Å². The van der Waals surface area contributed by atoms with Crippen LogP contribution in [0.4, 0.5) is 0 Å². The summed E-state index contributed by atoms with van der Waals surface area (Å²) in [6, 6.07) is 20.1. The molecule has 0 aliphatic carbocycles. The van der Waals surface area contributed by atoms with E-state index in [0.717, 1.165) is 10.9 Å². The third-order valence-electron chi connectivity index (χ3n) is 5.63. The highest BCUT2D eigenvalue weighted by Crippen LogP contribution is 2.38. The lowest BCUT2D eigenvalue weighted by Gasteiger charge is -2.18. The fraction of sp³-hybridized carbons (Fsp3) is 0.192. The summed E-state index contributed by atoms with van der Waals surface area (Å²) >= 11 is 0. The minimum atomic E-state index is -4.04. The number of aliphatic carboxylic acids is 1. The van der Waals surface area contributed by atoms with Crippen molar-refractivity contribution in [3.05, 3.63) is 84.1 Å². The van der Waals surface area contributed by atoms with E-state index in [2.05, 4.69) is 0 Å². The largest absolute Gasteiger partial charge is 0.494 e. The molecule has 1 N–H and O–H groups in total. The fourth-order valence-electron chi connectivity index (χ4n) is 4.12. The zero-order valence-corrected chi connectivity index (χ0v) is 19.3. The van der Waals surface area contributed by atoms with Crippen LogP contribution < -0.4 is 4.74 Å². The van der Waals surface area contributed by atoms with Gasteiger partial charge in [0.1, 0.15) is 10.6 Å². The number of carboxylic acids is 1. The SMILES string of the molecule is CCOc1ccc(-c2ccccc2)c(S(=O)(=O)n2cc(CCC(=O)O)c3ccccc32)c1C. The molecule has 0 saturated carbocycles. The lowest BCUT2D eigenvalue weighted by Crippen LogP contribution is -2.15. The molecule has 0 bridgehead atoms. The maximum absolute atomic E-state index is 14.2. The van der Waals surface area contributed by atoms with Crippen molar-refractivity contribution in [1.29, 1.82) is 0 Å². The summed E-state index contributed by atoms with van der Waals surface area (Å²) in [4.78, 5) is 11.3. The van der Waals surface area contributed by atoms with Crippen LogP contribution in [0.15, 0.2) is 77.8 Å². The van der Waals surface area contributed by atoms with Gasteiger partial charge in [0.2, 0.25) is 0 Å². The van der Waals surface area contributed by atoms with Crippen LogP contribution in [-0.4, -0.2) is 30.1 Å². The van der Waals surface area contributed by atoms with Gasteiger partial charge in [-0.1, -0.05) is 48.5 Å². The summed E-state index contributed by atoms with van der Waals surface area (Å²) in [5, 5.41) is 9.86. The number of carboxylic acid groups (broad SMARTS) is 1. The quantitative estimate of drug-likeness (QED) is 0.385. The van der Waals surface area contributed by atoms with E-state index < -0.39 is 16.0 Å². The summed E-state index contributed by atoms with van der Waals surface area (Å²) < 4.78 is 35.3. The molecule has 0 amide bonds. The zero-order chi connectivity index (χ0) is 23.6. The van der Waals surface area contributed by atoms with Crippen LogP contribution in [0.25, 0.3) is 22.0 Å². The predicted octanol–water partition coefficient (Wildman–Crippen LogP) is 5.27. The molecule has 0 spiro atoms. The lowest BCUT2D eigenvalue weighted by atomic mass is 10.0. The normalized spacial score (nSPS) is 11.6. The molecule has 4 aromatic rings. The molecule has 0 aliphatic heterocycles. The Morgan fingerprint density at radius 2 is 1.70 bits per heavy atom. The number of rotatable bonds is 8. The van der Waals surface area contributed by atoms with Crippen LogP contribution in [0, 0.1) is 6.92 Å². The van der Waals surface area contributed by atoms with Gasteiger partial charge in [0.25, 0.3) is 10.0 Å². The summed E-state index contributed by atoms with van der Waals surface area (Å²) in [5.41, 5.74) is 3.09. The number of hydrogen-bond acceptors (Lipinski definition) is 4. The molecular weight excluding hydrogens is 438 g/mol. The van der Waals surface area contributed by atoms with Crippen molar-refractivity contribution in [1.82, 2.24) is 3.97 Å². The monoisotopic (exact) mass is 463 g/mol. The van der Waals surface area contributed by atoms with E-state index in [1.54, 1.807) is 37.4 Å². The minimum Gasteiger partial charge on any atom is -0.494 e. The first kappa shape index (κ1) is 22.6. The van der Waals surface area contributed by atoms with Crippen LogP contribution in [0.1, 0.15) is 24.5 Å². The molecule has 0 atom stereocenters. The molecule has 3 aromatic carbocycles. The van der Waals surface area contributed by atoms with Gasteiger partial charge in [-0.15, -0.1) is 0 Å². The number of carbonyl (C=O) groups is 1. The number of nitrogens with zero attached hydrogens (tertiary/aromatic N) is 1. The van der Waals surface area contributed by atoms with Crippen molar-refractivity contribution in [3.63, 3.8) is 0 Å². The van der Waals surface area contributed by atoms with E-state index in [-0.39, 0.29) is 17.7 Å². The van der Waals surface area contributed by atoms with Crippen LogP contribution in [0.5, 0.6) is 5.75 Å². The predicted molar refractivity (Wildman–Crippen MR) is 128 cm³/mol. The Kier molecular flexibility index (Phi) is 6.24. The highest BCUT2D eigenvalue weighted by atomic mass is 32.2. The molecule has 0 unspecified atom stereocenters. The van der Waals surface area contributed by atoms with Crippen molar-refractivity contribution in [2.24, 2.45) is 0 Å². The van der Waals surface area contributed by atoms with Crippen LogP contribution in [0.3, 0.4) is 0 Å². The third kappa shape index (κ3) is 4.24. The first-order valence-electron chi connectivity index (χ1n) is 10.7. The van der Waals surface area contributed by atoms with Gasteiger partial charge < -0.3 is 9.84 Å². The second-order valence-electron chi connectivity index (χ2n) is 7.73. The lowest BCUT2D eigenvalue weighted by molar-refractivity contribution is -0.136. The van der Waals surface area contributed by atoms with Gasteiger partial charge in [-0.25, -0.2) is 12.4 Å². The Hall–Kier alpha value is -3.58. The third-order valence-corrected chi connectivity index (χ3v) is 7.49. The summed E-state index contributed by atoms with van der Waals surface area (Å²) in [6.45, 7) is 4.02. The van der Waals surface area contributed by atoms with E-state index in [9.17, 15) is 13.2 Å². The Morgan fingerprint density at radius 3 is 2.39 bits per heavy atom. The van der Waals surface area contributed by atoms with Crippen LogP contribution in [-0.2, 0) is 21.2 Å². The van der Waals surface area contributed by atoms with Crippen LogP contribution in [0.2, 0.25) is 0 Å². The van der Waals surface area contributed by atoms with Gasteiger partial charge in [-0.05, 0) is 49.6 Å². The maximum Gasteiger partial charge on any atom is 0.303 e. The number of benzene rings is 3. The molecule has 4 rings (SSSR count). The van der Waals surface area contributed by atoms with E-state index in [1.807, 2.05) is 49.4 Å². The second-order valence-corrected chi connectivity index (χ2v) is 9.48. The number of para-hydroxylation sites is 1. The molecule has 0 aliphatic rings. The standard InChI is InChI=1S/C26H25NO5S/c1-3-32-24-15-14-22(19-9-5-4-6-10-19)26(18(24)2)33(30,31)27-17-20(13-16-25(28)29)21-11-7-8-12-23(21)27/h4-12,14-15,17H,3,13,16H2,1-2H3,(H,28,29). The average molecular weight is 464 g/mol. The molecule has 7 heteroatoms. The molecule has 0 fully saturated rings. The Bertz CT molecular complexity index is 1420. The van der Waals surface area contributed by atoms with Gasteiger partial charge >= 0.3 is 5.97 Å². The first-order chi connectivity index (χ1) is 15.8. The zero-order valence-electron chi connectivity index (χ0n) is 18.5. The smallest absolute Gasteiger partial charge is 0.303 e. The number of aromatic nitrogens is 1. The second kappa shape index (κ2) is 9.11. The number of hydrogen-bond donors (Lipinski definition) is 1. The summed E-state index contributed by atoms with van der Waals surface area (Å²) in [7, 11) is -4.04. The van der Waals surface area contributed by atoms with Crippen molar-refractivity contribution in [2.45, 2.75) is 31.6 Å². The van der Waals surface area contributed by atoms with E-state index in [0.29, 0.717) is 34.6 Å². The molecule has 0 radical (unpaired) electrons. The van der Waals surface area contributed by atoms with Crippen molar-refractivity contribution in [3.8, 4) is 16.9 Å². The van der Waals surface area contributed by atoms with E-state index >= 15 is 0 Å². The highest BCUT2D eigenvalue weighted by molar-refractivity contribution is 7.90. The molecule has 33 heavy (non-hydrogen) atoms. The first-order valence-corrected chi connectivity index (χ1v) is 12.2. The maximum atomic E-state index is 14.2. The van der Waals surface area contributed by atoms with Gasteiger partial charge in [-0.3, -0.25) is 4.79 Å². The molecular formula is C26H25NO5S. The van der Waals surface area contributed by atoms with E-state index in [4.69, 9.17) is 9.84 Å². The average Bonchev–Trinajstić information content (AvgIpc) is 3.19. The van der Waals surface area contributed by atoms with Gasteiger partial charge in [-0.2, -0.15) is 0 Å². The highest BCUT2D eigenvalue weighted by Gasteiger charge is 2.28. The Labute approximate surface area is 193 Å². The minimum absolute atomic E-state index is 0.0812. The van der Waals surface area contributed by atoms with Gasteiger partial charge in [0, 0.05) is 29.1 Å². The Morgan fingerprint density at radius 1 is 1.00 bits per heavy atom. The fourth-order valence-corrected chi connectivity index (χ4v) is 5.95. The summed E-state index contributed by atoms with van der Waals surface area (Å²) in [6.07, 6.45) is 1.70. The van der Waals surface area contributed by atoms with Gasteiger partial charge in [0.15, 0.2) is 0 Å². The summed E-state index contributed by atoms with van der Waals surface area (Å²) in [5.74, 6) is -0.417. The number of fused-ring (bicyclic) bond motifs is 1. The van der Waals surface area contributed by atoms with E-state index in [1.165, 1.54) is 3.97 Å². The van der Waals surface area contributed by atoms with Crippen molar-refractivity contribution >= 4 is 26.9 Å². The molecule has 0 saturated heterocycles. The van der Waals surface area contributed by atoms with Gasteiger partial charge in [0.05, 0.1) is 12.1 Å². The molecule has 1 aromatic heterocycles. The molecule has 6 nitrogen and oxygen atoms in total. The topological polar surface area (TPSA) is 85.6 Å². The number of ether oxygens (including phenoxy) is 1.